The molecule has 2 atom stereocenters. The molecule has 0 saturated heterocycles. The van der Waals surface area contributed by atoms with Crippen molar-refractivity contribution in [3.05, 3.63) is 0 Å². The van der Waals surface area contributed by atoms with Crippen molar-refractivity contribution in [2.24, 2.45) is 5.73 Å². The van der Waals surface area contributed by atoms with Gasteiger partial charge >= 0.3 is 6.09 Å². The highest BCUT2D eigenvalue weighted by atomic mass is 16.5. The normalized spacial score (nSPS) is 13.4. The lowest BCUT2D eigenvalue weighted by Crippen LogP contribution is -2.19. The minimum absolute atomic E-state index is 0.00667. The standard InChI is InChI=1S/C6H14O3.C3H7NO2/c1-5(8)4-9-6(2)3-7;1-2-6-3(4)5/h5-8H,3-4H2,1-2H3;2H2,1H3,(H2,4,5). The summed E-state index contributed by atoms with van der Waals surface area (Å²) in [6, 6.07) is 0. The van der Waals surface area contributed by atoms with Crippen LogP contribution in [0.2, 0.25) is 0 Å². The Morgan fingerprint density at radius 1 is 1.47 bits per heavy atom. The van der Waals surface area contributed by atoms with Crippen LogP contribution in [-0.2, 0) is 9.47 Å². The Balaban J connectivity index is 0. The number of carbonyl (C=O) groups is 1. The highest BCUT2D eigenvalue weighted by molar-refractivity contribution is 5.64. The van der Waals surface area contributed by atoms with Crippen LogP contribution in [-0.4, -0.2) is 48.3 Å². The van der Waals surface area contributed by atoms with Crippen LogP contribution in [0.4, 0.5) is 4.79 Å². The maximum Gasteiger partial charge on any atom is 0.404 e. The summed E-state index contributed by atoms with van der Waals surface area (Å²) in [5, 5.41) is 17.1. The lowest BCUT2D eigenvalue weighted by Gasteiger charge is -2.10. The molecular weight excluding hydrogens is 202 g/mol. The van der Waals surface area contributed by atoms with Gasteiger partial charge < -0.3 is 25.4 Å². The van der Waals surface area contributed by atoms with Crippen LogP contribution in [0.5, 0.6) is 0 Å². The molecular formula is C9H21NO5. The number of hydrogen-bond donors (Lipinski definition) is 3. The maximum absolute atomic E-state index is 9.60. The van der Waals surface area contributed by atoms with Gasteiger partial charge in [-0.25, -0.2) is 4.79 Å². The summed E-state index contributed by atoms with van der Waals surface area (Å²) in [4.78, 5) is 9.60. The third kappa shape index (κ3) is 19.5. The monoisotopic (exact) mass is 223 g/mol. The molecule has 0 aliphatic heterocycles. The predicted molar refractivity (Wildman–Crippen MR) is 55.4 cm³/mol. The van der Waals surface area contributed by atoms with Gasteiger partial charge in [-0.2, -0.15) is 0 Å². The lowest BCUT2D eigenvalue weighted by molar-refractivity contribution is -0.0177. The Kier molecular flexibility index (Phi) is 12.4. The minimum Gasteiger partial charge on any atom is -0.450 e. The van der Waals surface area contributed by atoms with E-state index >= 15 is 0 Å². The van der Waals surface area contributed by atoms with Crippen LogP contribution < -0.4 is 5.73 Å². The number of aliphatic hydroxyl groups excluding tert-OH is 2. The Morgan fingerprint density at radius 3 is 2.20 bits per heavy atom. The Bertz CT molecular complexity index is 151. The smallest absolute Gasteiger partial charge is 0.404 e. The van der Waals surface area contributed by atoms with Gasteiger partial charge in [0.1, 0.15) is 0 Å². The number of amides is 1. The molecule has 4 N–H and O–H groups in total. The quantitative estimate of drug-likeness (QED) is 0.602. The van der Waals surface area contributed by atoms with E-state index in [9.17, 15) is 4.79 Å². The molecule has 0 saturated carbocycles. The second-order valence-corrected chi connectivity index (χ2v) is 2.93. The van der Waals surface area contributed by atoms with Crippen LogP contribution in [0.1, 0.15) is 20.8 Å². The van der Waals surface area contributed by atoms with Gasteiger partial charge in [0, 0.05) is 0 Å². The largest absolute Gasteiger partial charge is 0.450 e. The number of aliphatic hydroxyl groups is 2. The zero-order valence-corrected chi connectivity index (χ0v) is 9.47. The molecule has 0 fully saturated rings. The maximum atomic E-state index is 9.60. The summed E-state index contributed by atoms with van der Waals surface area (Å²) in [7, 11) is 0. The van der Waals surface area contributed by atoms with Crippen molar-refractivity contribution in [3.63, 3.8) is 0 Å². The number of ether oxygens (including phenoxy) is 2. The first-order chi connectivity index (χ1) is 6.93. The molecule has 6 nitrogen and oxygen atoms in total. The van der Waals surface area contributed by atoms with Gasteiger partial charge in [0.15, 0.2) is 0 Å². The highest BCUT2D eigenvalue weighted by Crippen LogP contribution is 1.90. The average molecular weight is 223 g/mol. The minimum atomic E-state index is -0.711. The van der Waals surface area contributed by atoms with E-state index in [1.54, 1.807) is 20.8 Å². The molecule has 92 valence electrons. The van der Waals surface area contributed by atoms with Gasteiger partial charge in [0.05, 0.1) is 32.0 Å². The summed E-state index contributed by atoms with van der Waals surface area (Å²) in [5.41, 5.74) is 4.54. The first-order valence-corrected chi connectivity index (χ1v) is 4.76. The molecule has 0 radical (unpaired) electrons. The van der Waals surface area contributed by atoms with E-state index in [1.165, 1.54) is 0 Å². The topological polar surface area (TPSA) is 102 Å². The van der Waals surface area contributed by atoms with Crippen LogP contribution in [0, 0.1) is 0 Å². The zero-order chi connectivity index (χ0) is 12.3. The molecule has 0 aromatic rings. The van der Waals surface area contributed by atoms with Crippen LogP contribution in [0.3, 0.4) is 0 Å². The van der Waals surface area contributed by atoms with Crippen LogP contribution in [0.25, 0.3) is 0 Å². The molecule has 0 bridgehead atoms. The molecule has 0 rings (SSSR count). The lowest BCUT2D eigenvalue weighted by atomic mass is 10.4. The number of rotatable bonds is 5. The van der Waals surface area contributed by atoms with Crippen molar-refractivity contribution >= 4 is 6.09 Å². The third-order valence-corrected chi connectivity index (χ3v) is 1.17. The molecule has 0 aromatic heterocycles. The first kappa shape index (κ1) is 16.6. The summed E-state index contributed by atoms with van der Waals surface area (Å²) < 4.78 is 9.13. The molecule has 6 heteroatoms. The highest BCUT2D eigenvalue weighted by Gasteiger charge is 2.00. The van der Waals surface area contributed by atoms with E-state index in [0.717, 1.165) is 0 Å². The van der Waals surface area contributed by atoms with Gasteiger partial charge in [-0.05, 0) is 20.8 Å². The Labute approximate surface area is 90.0 Å². The van der Waals surface area contributed by atoms with Gasteiger partial charge in [0.2, 0.25) is 0 Å². The average Bonchev–Trinajstić information content (AvgIpc) is 2.14. The van der Waals surface area contributed by atoms with E-state index in [0.29, 0.717) is 13.2 Å². The van der Waals surface area contributed by atoms with Gasteiger partial charge in [-0.1, -0.05) is 0 Å². The van der Waals surface area contributed by atoms with Gasteiger partial charge in [0.25, 0.3) is 0 Å². The summed E-state index contributed by atoms with van der Waals surface area (Å²) in [5.74, 6) is 0. The Morgan fingerprint density at radius 2 is 2.00 bits per heavy atom. The zero-order valence-electron chi connectivity index (χ0n) is 9.47. The van der Waals surface area contributed by atoms with Crippen molar-refractivity contribution in [3.8, 4) is 0 Å². The molecule has 0 heterocycles. The van der Waals surface area contributed by atoms with E-state index < -0.39 is 12.2 Å². The van der Waals surface area contributed by atoms with E-state index in [2.05, 4.69) is 10.5 Å². The molecule has 0 aliphatic rings. The van der Waals surface area contributed by atoms with E-state index in [-0.39, 0.29) is 12.7 Å². The van der Waals surface area contributed by atoms with Crippen LogP contribution in [0.15, 0.2) is 0 Å². The molecule has 0 spiro atoms. The Hall–Kier alpha value is -0.850. The molecule has 0 aromatic carbocycles. The fourth-order valence-electron chi connectivity index (χ4n) is 0.498. The third-order valence-electron chi connectivity index (χ3n) is 1.17. The molecule has 0 aliphatic carbocycles. The second-order valence-electron chi connectivity index (χ2n) is 2.93. The number of nitrogens with two attached hydrogens (primary N) is 1. The fraction of sp³-hybridized carbons (Fsp3) is 0.889. The molecule has 1 amide bonds. The number of hydrogen-bond acceptors (Lipinski definition) is 5. The van der Waals surface area contributed by atoms with Gasteiger partial charge in [-0.15, -0.1) is 0 Å². The van der Waals surface area contributed by atoms with Crippen LogP contribution >= 0.6 is 0 Å². The van der Waals surface area contributed by atoms with Crippen molar-refractivity contribution in [2.45, 2.75) is 33.0 Å². The predicted octanol–water partition coefficient (Wildman–Crippen LogP) is -0.134. The summed E-state index contributed by atoms with van der Waals surface area (Å²) in [6.45, 7) is 5.75. The number of primary amides is 1. The van der Waals surface area contributed by atoms with Crippen molar-refractivity contribution in [1.82, 2.24) is 0 Å². The van der Waals surface area contributed by atoms with E-state index in [4.69, 9.17) is 14.9 Å². The number of carbonyl (C=O) groups excluding carboxylic acids is 1. The summed E-state index contributed by atoms with van der Waals surface area (Å²) >= 11 is 0. The van der Waals surface area contributed by atoms with Crippen molar-refractivity contribution < 1.29 is 24.5 Å². The first-order valence-electron chi connectivity index (χ1n) is 4.76. The SMILES string of the molecule is CC(O)COC(C)CO.CCOC(N)=O. The molecule has 15 heavy (non-hydrogen) atoms. The van der Waals surface area contributed by atoms with Gasteiger partial charge in [-0.3, -0.25) is 0 Å². The van der Waals surface area contributed by atoms with E-state index in [1.807, 2.05) is 0 Å². The van der Waals surface area contributed by atoms with Crippen molar-refractivity contribution in [2.75, 3.05) is 19.8 Å². The van der Waals surface area contributed by atoms with Crippen molar-refractivity contribution in [1.29, 1.82) is 0 Å². The summed E-state index contributed by atoms with van der Waals surface area (Å²) in [6.07, 6.45) is -1.32. The molecule has 2 unspecified atom stereocenters. The fourth-order valence-corrected chi connectivity index (χ4v) is 0.498. The second kappa shape index (κ2) is 11.2.